The van der Waals surface area contributed by atoms with Gasteiger partial charge in [0.15, 0.2) is 0 Å². The fourth-order valence-corrected chi connectivity index (χ4v) is 4.27. The van der Waals surface area contributed by atoms with Crippen molar-refractivity contribution in [2.45, 2.75) is 13.0 Å². The zero-order valence-corrected chi connectivity index (χ0v) is 19.3. The average Bonchev–Trinajstić information content (AvgIpc) is 3.06. The van der Waals surface area contributed by atoms with E-state index in [9.17, 15) is 14.7 Å². The molecule has 162 valence electrons. The van der Waals surface area contributed by atoms with Gasteiger partial charge in [-0.15, -0.1) is 0 Å². The largest absolute Gasteiger partial charge is 0.507 e. The molecule has 6 nitrogen and oxygen atoms in total. The number of rotatable bonds is 5. The molecule has 2 heterocycles. The van der Waals surface area contributed by atoms with Crippen molar-refractivity contribution < 1.29 is 19.4 Å². The second kappa shape index (κ2) is 9.14. The van der Waals surface area contributed by atoms with E-state index in [-0.39, 0.29) is 21.9 Å². The predicted octanol–water partition coefficient (Wildman–Crippen LogP) is 5.52. The number of pyridine rings is 1. The highest BCUT2D eigenvalue weighted by atomic mass is 79.9. The van der Waals surface area contributed by atoms with Gasteiger partial charge in [-0.3, -0.25) is 19.5 Å². The van der Waals surface area contributed by atoms with Crippen LogP contribution in [-0.4, -0.2) is 28.4 Å². The van der Waals surface area contributed by atoms with E-state index in [0.717, 1.165) is 4.47 Å². The topological polar surface area (TPSA) is 79.7 Å². The van der Waals surface area contributed by atoms with Gasteiger partial charge in [0.05, 0.1) is 23.2 Å². The number of carbonyl (C=O) groups is 2. The Morgan fingerprint density at radius 3 is 2.59 bits per heavy atom. The summed E-state index contributed by atoms with van der Waals surface area (Å²) in [5.41, 5.74) is 1.29. The number of aliphatic hydroxyl groups excluding tert-OH is 1. The average molecular weight is 514 g/mol. The van der Waals surface area contributed by atoms with Crippen molar-refractivity contribution in [1.29, 1.82) is 0 Å². The van der Waals surface area contributed by atoms with Crippen LogP contribution in [0.1, 0.15) is 24.1 Å². The number of aliphatic hydroxyl groups is 1. The van der Waals surface area contributed by atoms with E-state index in [2.05, 4.69) is 20.9 Å². The molecule has 1 aromatic heterocycles. The Morgan fingerprint density at radius 1 is 1.16 bits per heavy atom. The fraction of sp³-hybridized carbons (Fsp3) is 0.125. The van der Waals surface area contributed by atoms with Gasteiger partial charge in [-0.05, 0) is 61.0 Å². The Morgan fingerprint density at radius 2 is 1.91 bits per heavy atom. The molecule has 0 aliphatic carbocycles. The number of halogens is 2. The van der Waals surface area contributed by atoms with Crippen LogP contribution in [0.15, 0.2) is 77.0 Å². The van der Waals surface area contributed by atoms with E-state index in [1.807, 2.05) is 13.0 Å². The third kappa shape index (κ3) is 4.01. The van der Waals surface area contributed by atoms with Gasteiger partial charge in [-0.1, -0.05) is 33.6 Å². The minimum Gasteiger partial charge on any atom is -0.507 e. The van der Waals surface area contributed by atoms with Crippen LogP contribution in [-0.2, 0) is 9.59 Å². The first-order valence-corrected chi connectivity index (χ1v) is 11.0. The van der Waals surface area contributed by atoms with E-state index >= 15 is 0 Å². The number of hydrogen-bond acceptors (Lipinski definition) is 5. The highest BCUT2D eigenvalue weighted by molar-refractivity contribution is 9.10. The van der Waals surface area contributed by atoms with Crippen LogP contribution in [0.3, 0.4) is 0 Å². The van der Waals surface area contributed by atoms with Crippen LogP contribution in [0.4, 0.5) is 5.69 Å². The minimum absolute atomic E-state index is 0.0586. The molecule has 4 rings (SSSR count). The molecule has 2 aromatic carbocycles. The molecule has 3 aromatic rings. The van der Waals surface area contributed by atoms with Crippen LogP contribution >= 0.6 is 27.5 Å². The summed E-state index contributed by atoms with van der Waals surface area (Å²) in [6.45, 7) is 2.26. The van der Waals surface area contributed by atoms with Crippen molar-refractivity contribution >= 4 is 50.7 Å². The van der Waals surface area contributed by atoms with Crippen LogP contribution in [0.5, 0.6) is 5.75 Å². The first-order valence-electron chi connectivity index (χ1n) is 9.81. The van der Waals surface area contributed by atoms with Gasteiger partial charge in [0.1, 0.15) is 11.5 Å². The van der Waals surface area contributed by atoms with Crippen LogP contribution in [0.2, 0.25) is 5.02 Å². The number of Topliss-reactive ketones (excluding diaryl/α,β-unsaturated/α-hetero) is 1. The molecule has 1 aliphatic heterocycles. The molecule has 0 spiro atoms. The minimum atomic E-state index is -0.862. The molecule has 8 heteroatoms. The molecule has 1 aliphatic rings. The quantitative estimate of drug-likeness (QED) is 0.276. The molecule has 1 fully saturated rings. The van der Waals surface area contributed by atoms with Gasteiger partial charge < -0.3 is 9.84 Å². The molecule has 1 amide bonds. The number of ether oxygens (including phenoxy) is 1. The first-order chi connectivity index (χ1) is 15.4. The lowest BCUT2D eigenvalue weighted by atomic mass is 9.95. The Hall–Kier alpha value is -3.16. The van der Waals surface area contributed by atoms with E-state index in [0.29, 0.717) is 23.6 Å². The fourth-order valence-electron chi connectivity index (χ4n) is 3.67. The zero-order valence-electron chi connectivity index (χ0n) is 17.0. The molecule has 0 bridgehead atoms. The van der Waals surface area contributed by atoms with Crippen molar-refractivity contribution in [2.24, 2.45) is 0 Å². The van der Waals surface area contributed by atoms with E-state index in [4.69, 9.17) is 16.3 Å². The summed E-state index contributed by atoms with van der Waals surface area (Å²) in [6.07, 6.45) is 3.14. The number of anilines is 1. The van der Waals surface area contributed by atoms with Gasteiger partial charge in [-0.25, -0.2) is 0 Å². The van der Waals surface area contributed by atoms with Crippen LogP contribution < -0.4 is 9.64 Å². The SMILES string of the molecule is CCOc1ccc(Cl)c(/C(O)=C2\C(=O)C(=O)N(c3cccc(Br)c3)C2c2ccncc2)c1. The summed E-state index contributed by atoms with van der Waals surface area (Å²) >= 11 is 9.75. The number of carbonyl (C=O) groups excluding carboxylic acids is 2. The van der Waals surface area contributed by atoms with E-state index < -0.39 is 17.7 Å². The summed E-state index contributed by atoms with van der Waals surface area (Å²) in [6, 6.07) is 14.4. The standard InChI is InChI=1S/C24H18BrClN2O4/c1-2-32-17-6-7-19(26)18(13-17)22(29)20-21(14-8-10-27-11-9-14)28(24(31)23(20)30)16-5-3-4-15(25)12-16/h3-13,21,29H,2H2,1H3/b22-20+. The van der Waals surface area contributed by atoms with Crippen molar-refractivity contribution in [1.82, 2.24) is 4.98 Å². The Labute approximate surface area is 198 Å². The van der Waals surface area contributed by atoms with Crippen LogP contribution in [0.25, 0.3) is 5.76 Å². The number of benzene rings is 2. The lowest BCUT2D eigenvalue weighted by Gasteiger charge is -2.25. The number of hydrogen-bond donors (Lipinski definition) is 1. The zero-order chi connectivity index (χ0) is 22.8. The van der Waals surface area contributed by atoms with Gasteiger partial charge in [-0.2, -0.15) is 0 Å². The summed E-state index contributed by atoms with van der Waals surface area (Å²) < 4.78 is 6.26. The smallest absolute Gasteiger partial charge is 0.300 e. The maximum absolute atomic E-state index is 13.2. The number of aromatic nitrogens is 1. The van der Waals surface area contributed by atoms with E-state index in [1.165, 1.54) is 4.90 Å². The molecular formula is C24H18BrClN2O4. The summed E-state index contributed by atoms with van der Waals surface area (Å²) in [5, 5.41) is 11.5. The maximum atomic E-state index is 13.2. The number of amides is 1. The van der Waals surface area contributed by atoms with Gasteiger partial charge in [0, 0.05) is 28.1 Å². The lowest BCUT2D eigenvalue weighted by molar-refractivity contribution is -0.132. The van der Waals surface area contributed by atoms with E-state index in [1.54, 1.807) is 60.9 Å². The third-order valence-electron chi connectivity index (χ3n) is 5.06. The Balaban J connectivity index is 1.95. The molecule has 32 heavy (non-hydrogen) atoms. The van der Waals surface area contributed by atoms with Crippen molar-refractivity contribution in [3.05, 3.63) is 93.2 Å². The third-order valence-corrected chi connectivity index (χ3v) is 5.88. The number of ketones is 1. The van der Waals surface area contributed by atoms with Crippen molar-refractivity contribution in [3.8, 4) is 5.75 Å². The normalized spacial score (nSPS) is 17.6. The van der Waals surface area contributed by atoms with Crippen molar-refractivity contribution in [3.63, 3.8) is 0 Å². The second-order valence-electron chi connectivity index (χ2n) is 7.00. The molecule has 1 atom stereocenters. The highest BCUT2D eigenvalue weighted by Gasteiger charge is 2.47. The molecule has 1 saturated heterocycles. The van der Waals surface area contributed by atoms with Gasteiger partial charge in [0.25, 0.3) is 11.7 Å². The molecule has 0 radical (unpaired) electrons. The summed E-state index contributed by atoms with van der Waals surface area (Å²) in [5.74, 6) is -1.43. The lowest BCUT2D eigenvalue weighted by Crippen LogP contribution is -2.29. The summed E-state index contributed by atoms with van der Waals surface area (Å²) in [7, 11) is 0. The first kappa shape index (κ1) is 22.0. The van der Waals surface area contributed by atoms with Crippen LogP contribution in [0, 0.1) is 0 Å². The summed E-state index contributed by atoms with van der Waals surface area (Å²) in [4.78, 5) is 31.7. The molecular weight excluding hydrogens is 496 g/mol. The number of nitrogens with zero attached hydrogens (tertiary/aromatic N) is 2. The molecule has 1 N–H and O–H groups in total. The maximum Gasteiger partial charge on any atom is 0.300 e. The van der Waals surface area contributed by atoms with Crippen molar-refractivity contribution in [2.75, 3.05) is 11.5 Å². The molecule has 1 unspecified atom stereocenters. The molecule has 0 saturated carbocycles. The highest BCUT2D eigenvalue weighted by Crippen LogP contribution is 2.43. The Kier molecular flexibility index (Phi) is 6.30. The monoisotopic (exact) mass is 512 g/mol. The predicted molar refractivity (Wildman–Crippen MR) is 126 cm³/mol. The Bertz CT molecular complexity index is 1230. The van der Waals surface area contributed by atoms with Gasteiger partial charge in [0.2, 0.25) is 0 Å². The second-order valence-corrected chi connectivity index (χ2v) is 8.33. The van der Waals surface area contributed by atoms with Gasteiger partial charge >= 0.3 is 0 Å².